The van der Waals surface area contributed by atoms with Crippen molar-refractivity contribution < 1.29 is 0 Å². The van der Waals surface area contributed by atoms with Crippen LogP contribution in [0.2, 0.25) is 0 Å². The van der Waals surface area contributed by atoms with E-state index >= 15 is 0 Å². The minimum absolute atomic E-state index is 0.540. The number of aromatic nitrogens is 5. The average Bonchev–Trinajstić information content (AvgIpc) is 3.91. The normalized spacial score (nSPS) is 11.3. The molecular weight excluding hydrogens is 807 g/mol. The van der Waals surface area contributed by atoms with Crippen molar-refractivity contribution in [1.82, 2.24) is 24.1 Å². The lowest BCUT2D eigenvalue weighted by atomic mass is 9.98. The van der Waals surface area contributed by atoms with Crippen LogP contribution in [0.4, 0.5) is 0 Å². The highest BCUT2D eigenvalue weighted by Crippen LogP contribution is 2.40. The van der Waals surface area contributed by atoms with Crippen molar-refractivity contribution in [2.24, 2.45) is 0 Å². The number of hydrogen-bond acceptors (Lipinski definition) is 5. The Morgan fingerprint density at radius 1 is 0.303 bits per heavy atom. The molecule has 0 spiro atoms. The molecule has 0 unspecified atom stereocenters. The number of fused-ring (bicyclic) bond motifs is 6. The standard InChI is InChI=1S/C59H35N7/c60-36-42-19-7-9-21-47(42)40-27-29-55-51(33-40)49-23-11-13-25-53(49)65(55)45-31-44(59-63-57(38-15-3-1-4-16-38)62-58(64-59)39-17-5-2-6-18-39)32-46(35-45)66-54-26-14-12-24-50(54)52-34-41(28-30-56(52)66)48-22-10-8-20-43(48)37-61/h1-35H. The maximum atomic E-state index is 10.0. The molecule has 0 fully saturated rings. The summed E-state index contributed by atoms with van der Waals surface area (Å²) in [5, 5.41) is 24.4. The van der Waals surface area contributed by atoms with Gasteiger partial charge >= 0.3 is 0 Å². The summed E-state index contributed by atoms with van der Waals surface area (Å²) in [7, 11) is 0. The SMILES string of the molecule is N#Cc1ccccc1-c1ccc2c(c1)c1ccccc1n2-c1cc(-c2nc(-c3ccccc3)nc(-c3ccccc3)n2)cc(-n2c3ccccc3c3cc(-c4ccccc4C#N)ccc32)c1. The number of nitrogens with zero attached hydrogens (tertiary/aromatic N) is 7. The van der Waals surface area contributed by atoms with E-state index in [0.29, 0.717) is 28.6 Å². The molecule has 12 aromatic rings. The molecule has 7 nitrogen and oxygen atoms in total. The van der Waals surface area contributed by atoms with Crippen LogP contribution < -0.4 is 0 Å². The molecule has 0 aliphatic rings. The fraction of sp³-hybridized carbons (Fsp3) is 0. The fourth-order valence-corrected chi connectivity index (χ4v) is 9.42. The van der Waals surface area contributed by atoms with Crippen molar-refractivity contribution in [3.05, 3.63) is 223 Å². The summed E-state index contributed by atoms with van der Waals surface area (Å²) < 4.78 is 4.64. The van der Waals surface area contributed by atoms with Gasteiger partial charge in [-0.2, -0.15) is 10.5 Å². The molecule has 0 N–H and O–H groups in total. The number of rotatable bonds is 7. The summed E-state index contributed by atoms with van der Waals surface area (Å²) in [5.74, 6) is 1.70. The Hall–Kier alpha value is -9.43. The quantitative estimate of drug-likeness (QED) is 0.159. The average molecular weight is 842 g/mol. The maximum Gasteiger partial charge on any atom is 0.164 e. The third-order valence-electron chi connectivity index (χ3n) is 12.4. The second-order valence-electron chi connectivity index (χ2n) is 16.3. The zero-order valence-corrected chi connectivity index (χ0v) is 35.3. The second-order valence-corrected chi connectivity index (χ2v) is 16.3. The van der Waals surface area contributed by atoms with Crippen LogP contribution in [-0.4, -0.2) is 24.1 Å². The molecule has 0 radical (unpaired) electrons. The molecule has 3 heterocycles. The highest BCUT2D eigenvalue weighted by atomic mass is 15.0. The Labute approximate surface area is 380 Å². The number of para-hydroxylation sites is 2. The molecule has 66 heavy (non-hydrogen) atoms. The van der Waals surface area contributed by atoms with E-state index in [-0.39, 0.29) is 0 Å². The summed E-state index contributed by atoms with van der Waals surface area (Å²) in [4.78, 5) is 15.5. The number of nitriles is 2. The van der Waals surface area contributed by atoms with Gasteiger partial charge in [0.25, 0.3) is 0 Å². The first kappa shape index (κ1) is 38.3. The lowest BCUT2D eigenvalue weighted by molar-refractivity contribution is 1.07. The Balaban J connectivity index is 1.15. The van der Waals surface area contributed by atoms with Crippen LogP contribution in [0.1, 0.15) is 11.1 Å². The lowest BCUT2D eigenvalue weighted by Crippen LogP contribution is -2.03. The fourth-order valence-electron chi connectivity index (χ4n) is 9.42. The van der Waals surface area contributed by atoms with Crippen LogP contribution in [0.15, 0.2) is 212 Å². The van der Waals surface area contributed by atoms with Crippen molar-refractivity contribution in [2.75, 3.05) is 0 Å². The zero-order valence-electron chi connectivity index (χ0n) is 35.3. The topological polar surface area (TPSA) is 96.1 Å². The molecule has 0 amide bonds. The molecule has 0 bridgehead atoms. The van der Waals surface area contributed by atoms with Crippen molar-refractivity contribution in [1.29, 1.82) is 10.5 Å². The molecule has 3 aromatic heterocycles. The van der Waals surface area contributed by atoms with Crippen molar-refractivity contribution in [2.45, 2.75) is 0 Å². The van der Waals surface area contributed by atoms with Gasteiger partial charge in [0.2, 0.25) is 0 Å². The van der Waals surface area contributed by atoms with E-state index < -0.39 is 0 Å². The van der Waals surface area contributed by atoms with Crippen LogP contribution in [0, 0.1) is 22.7 Å². The Kier molecular flexibility index (Phi) is 9.12. The van der Waals surface area contributed by atoms with Crippen LogP contribution in [0.5, 0.6) is 0 Å². The molecule has 306 valence electrons. The van der Waals surface area contributed by atoms with E-state index in [1.54, 1.807) is 0 Å². The molecule has 0 saturated carbocycles. The van der Waals surface area contributed by atoms with Gasteiger partial charge < -0.3 is 9.13 Å². The lowest BCUT2D eigenvalue weighted by Gasteiger charge is -2.16. The molecule has 12 rings (SSSR count). The zero-order chi connectivity index (χ0) is 44.1. The molecule has 7 heteroatoms. The van der Waals surface area contributed by atoms with E-state index in [1.807, 2.05) is 109 Å². The number of benzene rings is 9. The largest absolute Gasteiger partial charge is 0.309 e. The smallest absolute Gasteiger partial charge is 0.164 e. The highest BCUT2D eigenvalue weighted by molar-refractivity contribution is 6.12. The maximum absolute atomic E-state index is 10.0. The van der Waals surface area contributed by atoms with Crippen LogP contribution >= 0.6 is 0 Å². The summed E-state index contributed by atoms with van der Waals surface area (Å²) in [6.45, 7) is 0. The monoisotopic (exact) mass is 841 g/mol. The van der Waals surface area contributed by atoms with Crippen molar-refractivity contribution in [3.63, 3.8) is 0 Å². The van der Waals surface area contributed by atoms with Crippen molar-refractivity contribution in [3.8, 4) is 79.9 Å². The molecule has 0 atom stereocenters. The van der Waals surface area contributed by atoms with Gasteiger partial charge in [-0.05, 0) is 89.0 Å². The van der Waals surface area contributed by atoms with Gasteiger partial charge in [-0.3, -0.25) is 0 Å². The molecular formula is C59H35N7. The van der Waals surface area contributed by atoms with Gasteiger partial charge in [0.05, 0.1) is 45.3 Å². The van der Waals surface area contributed by atoms with E-state index in [2.05, 4.69) is 124 Å². The van der Waals surface area contributed by atoms with Gasteiger partial charge in [-0.1, -0.05) is 146 Å². The minimum Gasteiger partial charge on any atom is -0.309 e. The Morgan fingerprint density at radius 2 is 0.682 bits per heavy atom. The number of hydrogen-bond donors (Lipinski definition) is 0. The molecule has 0 aliphatic carbocycles. The van der Waals surface area contributed by atoms with Gasteiger partial charge in [0.1, 0.15) is 0 Å². The summed E-state index contributed by atoms with van der Waals surface area (Å²) in [5.41, 5.74) is 13.6. The summed E-state index contributed by atoms with van der Waals surface area (Å²) in [6.07, 6.45) is 0. The first-order valence-electron chi connectivity index (χ1n) is 21.7. The third-order valence-corrected chi connectivity index (χ3v) is 12.4. The summed E-state index contributed by atoms with van der Waals surface area (Å²) >= 11 is 0. The second kappa shape index (κ2) is 15.7. The van der Waals surface area contributed by atoms with Crippen LogP contribution in [-0.2, 0) is 0 Å². The predicted octanol–water partition coefficient (Wildman–Crippen LogP) is 14.1. The Morgan fingerprint density at radius 3 is 1.14 bits per heavy atom. The van der Waals surface area contributed by atoms with Gasteiger partial charge in [0, 0.05) is 49.6 Å². The Bertz CT molecular complexity index is 3710. The first-order valence-corrected chi connectivity index (χ1v) is 21.7. The van der Waals surface area contributed by atoms with Gasteiger partial charge in [-0.25, -0.2) is 15.0 Å². The first-order chi connectivity index (χ1) is 32.6. The van der Waals surface area contributed by atoms with Crippen LogP contribution in [0.25, 0.3) is 111 Å². The van der Waals surface area contributed by atoms with E-state index in [4.69, 9.17) is 15.0 Å². The van der Waals surface area contributed by atoms with Crippen LogP contribution in [0.3, 0.4) is 0 Å². The van der Waals surface area contributed by atoms with Gasteiger partial charge in [-0.15, -0.1) is 0 Å². The van der Waals surface area contributed by atoms with Crippen molar-refractivity contribution >= 4 is 43.6 Å². The van der Waals surface area contributed by atoms with E-state index in [1.165, 1.54) is 0 Å². The minimum atomic E-state index is 0.540. The molecule has 0 saturated heterocycles. The third kappa shape index (κ3) is 6.39. The predicted molar refractivity (Wildman–Crippen MR) is 265 cm³/mol. The van der Waals surface area contributed by atoms with E-state index in [0.717, 1.165) is 93.9 Å². The molecule has 0 aliphatic heterocycles. The molecule has 9 aromatic carbocycles. The van der Waals surface area contributed by atoms with Gasteiger partial charge in [0.15, 0.2) is 17.5 Å². The summed E-state index contributed by atoms with van der Waals surface area (Å²) in [6, 6.07) is 76.9. The highest BCUT2D eigenvalue weighted by Gasteiger charge is 2.21. The van der Waals surface area contributed by atoms with E-state index in [9.17, 15) is 10.5 Å².